The molecule has 18 heavy (non-hydrogen) atoms. The summed E-state index contributed by atoms with van der Waals surface area (Å²) in [6.07, 6.45) is 4.05. The SMILES string of the molecule is CSc1ccc(C(C)NCc2cnc(C)s2)cc1. The van der Waals surface area contributed by atoms with Gasteiger partial charge in [-0.15, -0.1) is 23.1 Å². The molecular weight excluding hydrogens is 260 g/mol. The van der Waals surface area contributed by atoms with Crippen molar-refractivity contribution >= 4 is 23.1 Å². The van der Waals surface area contributed by atoms with Gasteiger partial charge in [0.05, 0.1) is 5.01 Å². The number of nitrogens with zero attached hydrogens (tertiary/aromatic N) is 1. The Bertz CT molecular complexity index is 491. The van der Waals surface area contributed by atoms with E-state index in [1.165, 1.54) is 15.3 Å². The van der Waals surface area contributed by atoms with Gasteiger partial charge in [-0.3, -0.25) is 0 Å². The van der Waals surface area contributed by atoms with Crippen molar-refractivity contribution in [3.8, 4) is 0 Å². The monoisotopic (exact) mass is 278 g/mol. The Morgan fingerprint density at radius 1 is 1.33 bits per heavy atom. The quantitative estimate of drug-likeness (QED) is 0.836. The second kappa shape index (κ2) is 6.36. The number of aryl methyl sites for hydroxylation is 1. The molecule has 0 radical (unpaired) electrons. The fraction of sp³-hybridized carbons (Fsp3) is 0.357. The summed E-state index contributed by atoms with van der Waals surface area (Å²) < 4.78 is 0. The molecule has 0 saturated carbocycles. The van der Waals surface area contributed by atoms with Gasteiger partial charge in [0.25, 0.3) is 0 Å². The van der Waals surface area contributed by atoms with Crippen LogP contribution in [0.4, 0.5) is 0 Å². The molecule has 1 unspecified atom stereocenters. The lowest BCUT2D eigenvalue weighted by Gasteiger charge is -2.13. The lowest BCUT2D eigenvalue weighted by molar-refractivity contribution is 0.578. The molecule has 1 N–H and O–H groups in total. The molecule has 0 aliphatic carbocycles. The summed E-state index contributed by atoms with van der Waals surface area (Å²) in [6, 6.07) is 9.11. The van der Waals surface area contributed by atoms with Gasteiger partial charge in [0.15, 0.2) is 0 Å². The van der Waals surface area contributed by atoms with Crippen LogP contribution in [-0.2, 0) is 6.54 Å². The minimum Gasteiger partial charge on any atom is -0.305 e. The van der Waals surface area contributed by atoms with Crippen molar-refractivity contribution in [3.05, 3.63) is 45.9 Å². The zero-order chi connectivity index (χ0) is 13.0. The van der Waals surface area contributed by atoms with E-state index in [1.54, 1.807) is 23.1 Å². The van der Waals surface area contributed by atoms with Crippen molar-refractivity contribution in [2.75, 3.05) is 6.26 Å². The van der Waals surface area contributed by atoms with E-state index >= 15 is 0 Å². The van der Waals surface area contributed by atoms with Crippen molar-refractivity contribution in [2.24, 2.45) is 0 Å². The Kier molecular flexibility index (Phi) is 4.80. The molecule has 2 aromatic rings. The van der Waals surface area contributed by atoms with Crippen LogP contribution in [0.25, 0.3) is 0 Å². The van der Waals surface area contributed by atoms with Crippen LogP contribution in [-0.4, -0.2) is 11.2 Å². The maximum absolute atomic E-state index is 4.27. The normalized spacial score (nSPS) is 12.6. The van der Waals surface area contributed by atoms with Crippen molar-refractivity contribution in [3.63, 3.8) is 0 Å². The van der Waals surface area contributed by atoms with Crippen LogP contribution in [0, 0.1) is 6.92 Å². The van der Waals surface area contributed by atoms with E-state index < -0.39 is 0 Å². The molecule has 1 heterocycles. The standard InChI is InChI=1S/C14H18N2S2/c1-10(12-4-6-13(17-3)7-5-12)15-8-14-9-16-11(2)18-14/h4-7,9-10,15H,8H2,1-3H3. The fourth-order valence-corrected chi connectivity index (χ4v) is 2.91. The average Bonchev–Trinajstić information content (AvgIpc) is 2.82. The van der Waals surface area contributed by atoms with E-state index in [-0.39, 0.29) is 0 Å². The Morgan fingerprint density at radius 2 is 2.06 bits per heavy atom. The van der Waals surface area contributed by atoms with Crippen molar-refractivity contribution in [1.29, 1.82) is 0 Å². The first-order chi connectivity index (χ1) is 8.69. The fourth-order valence-electron chi connectivity index (χ4n) is 1.75. The van der Waals surface area contributed by atoms with Gasteiger partial charge < -0.3 is 5.32 Å². The Labute approximate surface area is 117 Å². The van der Waals surface area contributed by atoms with Gasteiger partial charge in [-0.05, 0) is 37.8 Å². The highest BCUT2D eigenvalue weighted by molar-refractivity contribution is 7.98. The Balaban J connectivity index is 1.92. The summed E-state index contributed by atoms with van der Waals surface area (Å²) in [5.41, 5.74) is 1.33. The zero-order valence-electron chi connectivity index (χ0n) is 10.9. The first-order valence-corrected chi connectivity index (χ1v) is 8.02. The largest absolute Gasteiger partial charge is 0.305 e. The molecule has 1 aromatic heterocycles. The maximum Gasteiger partial charge on any atom is 0.0897 e. The second-order valence-electron chi connectivity index (χ2n) is 4.22. The molecule has 0 aliphatic rings. The summed E-state index contributed by atoms with van der Waals surface area (Å²) in [5, 5.41) is 4.66. The van der Waals surface area contributed by atoms with E-state index in [1.807, 2.05) is 13.1 Å². The van der Waals surface area contributed by atoms with Crippen molar-refractivity contribution in [2.45, 2.75) is 31.3 Å². The van der Waals surface area contributed by atoms with Gasteiger partial charge in [-0.2, -0.15) is 0 Å². The van der Waals surface area contributed by atoms with E-state index in [2.05, 4.69) is 47.7 Å². The molecule has 0 bridgehead atoms. The minimum absolute atomic E-state index is 0.364. The molecule has 4 heteroatoms. The molecule has 1 aromatic carbocycles. The summed E-state index contributed by atoms with van der Waals surface area (Å²) >= 11 is 3.53. The van der Waals surface area contributed by atoms with Gasteiger partial charge in [-0.25, -0.2) is 4.98 Å². The van der Waals surface area contributed by atoms with Gasteiger partial charge >= 0.3 is 0 Å². The third-order valence-corrected chi connectivity index (χ3v) is 4.52. The summed E-state index contributed by atoms with van der Waals surface area (Å²) in [4.78, 5) is 6.87. The van der Waals surface area contributed by atoms with E-state index in [4.69, 9.17) is 0 Å². The minimum atomic E-state index is 0.364. The van der Waals surface area contributed by atoms with E-state index in [0.717, 1.165) is 11.6 Å². The van der Waals surface area contributed by atoms with Crippen LogP contribution >= 0.6 is 23.1 Å². The summed E-state index contributed by atoms with van der Waals surface area (Å²) in [5.74, 6) is 0. The first-order valence-electron chi connectivity index (χ1n) is 5.97. The van der Waals surface area contributed by atoms with Crippen LogP contribution in [0.2, 0.25) is 0 Å². The second-order valence-corrected chi connectivity index (χ2v) is 6.42. The number of benzene rings is 1. The van der Waals surface area contributed by atoms with Crippen molar-refractivity contribution in [1.82, 2.24) is 10.3 Å². The number of rotatable bonds is 5. The molecule has 0 saturated heterocycles. The maximum atomic E-state index is 4.27. The Morgan fingerprint density at radius 3 is 2.61 bits per heavy atom. The van der Waals surface area contributed by atoms with Crippen LogP contribution in [0.15, 0.2) is 35.4 Å². The average molecular weight is 278 g/mol. The molecule has 2 nitrogen and oxygen atoms in total. The van der Waals surface area contributed by atoms with Gasteiger partial charge in [0.2, 0.25) is 0 Å². The Hall–Kier alpha value is -0.840. The van der Waals surface area contributed by atoms with Gasteiger partial charge in [0.1, 0.15) is 0 Å². The molecule has 0 spiro atoms. The lowest BCUT2D eigenvalue weighted by atomic mass is 10.1. The van der Waals surface area contributed by atoms with E-state index in [0.29, 0.717) is 6.04 Å². The van der Waals surface area contributed by atoms with Crippen LogP contribution < -0.4 is 5.32 Å². The molecule has 0 amide bonds. The highest BCUT2D eigenvalue weighted by atomic mass is 32.2. The molecule has 96 valence electrons. The predicted molar refractivity (Wildman–Crippen MR) is 80.3 cm³/mol. The number of nitrogens with one attached hydrogen (secondary N) is 1. The van der Waals surface area contributed by atoms with Crippen molar-refractivity contribution < 1.29 is 0 Å². The summed E-state index contributed by atoms with van der Waals surface area (Å²) in [7, 11) is 0. The van der Waals surface area contributed by atoms with Crippen LogP contribution in [0.1, 0.15) is 28.4 Å². The molecular formula is C14H18N2S2. The number of thiazole rings is 1. The smallest absolute Gasteiger partial charge is 0.0897 e. The molecule has 1 atom stereocenters. The number of hydrogen-bond acceptors (Lipinski definition) is 4. The van der Waals surface area contributed by atoms with Gasteiger partial charge in [-0.1, -0.05) is 12.1 Å². The van der Waals surface area contributed by atoms with Gasteiger partial charge in [0, 0.05) is 28.6 Å². The topological polar surface area (TPSA) is 24.9 Å². The highest BCUT2D eigenvalue weighted by Gasteiger charge is 2.05. The number of thioether (sulfide) groups is 1. The number of aromatic nitrogens is 1. The molecule has 0 fully saturated rings. The molecule has 0 aliphatic heterocycles. The third kappa shape index (κ3) is 3.57. The third-order valence-electron chi connectivity index (χ3n) is 2.87. The molecule has 2 rings (SSSR count). The lowest BCUT2D eigenvalue weighted by Crippen LogP contribution is -2.17. The zero-order valence-corrected chi connectivity index (χ0v) is 12.6. The van der Waals surface area contributed by atoms with Crippen LogP contribution in [0.3, 0.4) is 0 Å². The predicted octanol–water partition coefficient (Wildman–Crippen LogP) is 4.02. The van der Waals surface area contributed by atoms with E-state index in [9.17, 15) is 0 Å². The highest BCUT2D eigenvalue weighted by Crippen LogP contribution is 2.19. The number of hydrogen-bond donors (Lipinski definition) is 1. The first kappa shape index (κ1) is 13.6. The van der Waals surface area contributed by atoms with Crippen LogP contribution in [0.5, 0.6) is 0 Å². The summed E-state index contributed by atoms with van der Waals surface area (Å²) in [6.45, 7) is 5.12.